The van der Waals surface area contributed by atoms with E-state index in [1.165, 1.54) is 30.3 Å². The molecule has 0 spiro atoms. The lowest BCUT2D eigenvalue weighted by Crippen LogP contribution is -2.52. The number of urea groups is 1. The predicted octanol–water partition coefficient (Wildman–Crippen LogP) is 2.79. The summed E-state index contributed by atoms with van der Waals surface area (Å²) in [5.74, 6) is -0.320. The fraction of sp³-hybridized carbons (Fsp3) is 0.385. The number of nitrogens with one attached hydrogen (secondary N) is 1. The van der Waals surface area contributed by atoms with Crippen LogP contribution in [0.2, 0.25) is 25.7 Å². The molecule has 4 amide bonds. The number of carbonyl (C=O) groups is 3. The monoisotopic (exact) mass is 538 g/mol. The van der Waals surface area contributed by atoms with E-state index in [0.717, 1.165) is 16.5 Å². The molecule has 1 fully saturated rings. The van der Waals surface area contributed by atoms with Crippen LogP contribution < -0.4 is 14.8 Å². The number of fused-ring (bicyclic) bond motifs is 2. The molecule has 12 heteroatoms. The van der Waals surface area contributed by atoms with Crippen LogP contribution in [-0.4, -0.2) is 62.7 Å². The molecule has 1 aromatic carbocycles. The molecule has 1 atom stereocenters. The number of carbonyl (C=O) groups excluding carboxylic acids is 3. The first-order valence-corrected chi connectivity index (χ1v) is 16.0. The van der Waals surface area contributed by atoms with E-state index in [1.54, 1.807) is 24.3 Å². The van der Waals surface area contributed by atoms with E-state index in [4.69, 9.17) is 13.9 Å². The van der Waals surface area contributed by atoms with Gasteiger partial charge >= 0.3 is 6.03 Å². The van der Waals surface area contributed by atoms with Crippen molar-refractivity contribution < 1.29 is 33.0 Å². The molecule has 11 nitrogen and oxygen atoms in total. The van der Waals surface area contributed by atoms with E-state index in [0.29, 0.717) is 22.7 Å². The molecule has 3 aromatic rings. The van der Waals surface area contributed by atoms with Crippen molar-refractivity contribution in [3.05, 3.63) is 64.7 Å². The van der Waals surface area contributed by atoms with Crippen LogP contribution in [0, 0.1) is 5.21 Å². The number of ether oxygens (including phenoxy) is 2. The van der Waals surface area contributed by atoms with Gasteiger partial charge < -0.3 is 29.3 Å². The fourth-order valence-corrected chi connectivity index (χ4v) is 5.45. The lowest BCUT2D eigenvalue weighted by Gasteiger charge is -2.29. The van der Waals surface area contributed by atoms with Gasteiger partial charge in [-0.15, -0.1) is 0 Å². The standard InChI is InChI=1S/C26H30N4O7Si/c1-35-18-8-7-17-14-28(23(31)19(17)12-18)15-26(22-13-20-21(37-22)6-5-9-30(20)34)24(32)29(25(33)27-26)16-36-10-11-38(2,3)4/h5-9,12-13H,10-11,14-16H2,1-4H3,(H,27,33)/t26-/m0/s1. The van der Waals surface area contributed by atoms with Gasteiger partial charge in [-0.2, -0.15) is 4.73 Å². The number of nitrogens with zero attached hydrogens (tertiary/aromatic N) is 3. The molecule has 38 heavy (non-hydrogen) atoms. The highest BCUT2D eigenvalue weighted by Gasteiger charge is 2.57. The molecule has 0 saturated carbocycles. The maximum absolute atomic E-state index is 13.9. The highest BCUT2D eigenvalue weighted by Crippen LogP contribution is 2.36. The van der Waals surface area contributed by atoms with Gasteiger partial charge in [-0.25, -0.2) is 9.69 Å². The number of imide groups is 1. The third kappa shape index (κ3) is 4.49. The summed E-state index contributed by atoms with van der Waals surface area (Å²) in [7, 11) is 0.146. The van der Waals surface area contributed by atoms with E-state index in [2.05, 4.69) is 25.0 Å². The highest BCUT2D eigenvalue weighted by molar-refractivity contribution is 6.76. The number of hydrogen-bond donors (Lipinski definition) is 1. The van der Waals surface area contributed by atoms with E-state index in [-0.39, 0.29) is 42.6 Å². The van der Waals surface area contributed by atoms with Crippen LogP contribution in [0.15, 0.2) is 47.0 Å². The SMILES string of the molecule is COc1ccc2c(c1)C(=O)N(C[C@@]1(c3cc4c(ccc[n+]4[O-])o3)NC(=O)N(COCC[Si](C)(C)C)C1=O)C2. The Morgan fingerprint density at radius 3 is 2.68 bits per heavy atom. The lowest BCUT2D eigenvalue weighted by atomic mass is 9.95. The minimum atomic E-state index is -1.74. The zero-order valence-corrected chi connectivity index (χ0v) is 22.8. The van der Waals surface area contributed by atoms with Gasteiger partial charge in [-0.3, -0.25) is 9.59 Å². The third-order valence-corrected chi connectivity index (χ3v) is 8.59. The molecule has 200 valence electrons. The van der Waals surface area contributed by atoms with E-state index in [1.807, 2.05) is 0 Å². The van der Waals surface area contributed by atoms with Gasteiger partial charge in [0.05, 0.1) is 19.7 Å². The molecule has 2 aliphatic rings. The Morgan fingerprint density at radius 1 is 1.18 bits per heavy atom. The van der Waals surface area contributed by atoms with Crippen LogP contribution in [0.4, 0.5) is 4.79 Å². The largest absolute Gasteiger partial charge is 0.618 e. The number of furan rings is 1. The van der Waals surface area contributed by atoms with Gasteiger partial charge in [0.2, 0.25) is 0 Å². The normalized spacial score (nSPS) is 19.4. The van der Waals surface area contributed by atoms with Gasteiger partial charge in [-0.05, 0) is 29.8 Å². The van der Waals surface area contributed by atoms with E-state index < -0.39 is 25.6 Å². The number of methoxy groups -OCH3 is 1. The van der Waals surface area contributed by atoms with Crippen LogP contribution in [0.3, 0.4) is 0 Å². The summed E-state index contributed by atoms with van der Waals surface area (Å²) in [4.78, 5) is 42.8. The first-order valence-electron chi connectivity index (χ1n) is 12.3. The van der Waals surface area contributed by atoms with E-state index >= 15 is 0 Å². The average molecular weight is 539 g/mol. The molecule has 0 unspecified atom stereocenters. The van der Waals surface area contributed by atoms with Crippen molar-refractivity contribution in [2.45, 2.75) is 37.8 Å². The molecule has 0 bridgehead atoms. The lowest BCUT2D eigenvalue weighted by molar-refractivity contribution is -0.577. The van der Waals surface area contributed by atoms with Crippen molar-refractivity contribution in [1.29, 1.82) is 0 Å². The van der Waals surface area contributed by atoms with Crippen molar-refractivity contribution in [2.24, 2.45) is 0 Å². The van der Waals surface area contributed by atoms with Crippen LogP contribution in [0.25, 0.3) is 11.1 Å². The van der Waals surface area contributed by atoms with E-state index in [9.17, 15) is 19.6 Å². The van der Waals surface area contributed by atoms with Crippen molar-refractivity contribution in [3.8, 4) is 5.75 Å². The zero-order valence-electron chi connectivity index (χ0n) is 21.8. The molecule has 0 radical (unpaired) electrons. The Morgan fingerprint density at radius 2 is 1.97 bits per heavy atom. The van der Waals surface area contributed by atoms with Crippen LogP contribution in [0.1, 0.15) is 21.7 Å². The summed E-state index contributed by atoms with van der Waals surface area (Å²) in [6.07, 6.45) is 1.32. The Labute approximate surface area is 220 Å². The molecule has 1 saturated heterocycles. The van der Waals surface area contributed by atoms with Crippen molar-refractivity contribution in [2.75, 3.05) is 27.0 Å². The molecule has 2 aromatic heterocycles. The summed E-state index contributed by atoms with van der Waals surface area (Å²) in [5.41, 5.74) is -0.0485. The number of amides is 4. The highest BCUT2D eigenvalue weighted by atomic mass is 28.3. The molecular formula is C26H30N4O7Si. The number of hydrogen-bond acceptors (Lipinski definition) is 7. The summed E-state index contributed by atoms with van der Waals surface area (Å²) in [5, 5.41) is 15.1. The second-order valence-electron chi connectivity index (χ2n) is 10.8. The summed E-state index contributed by atoms with van der Waals surface area (Å²) in [6.45, 7) is 6.85. The van der Waals surface area contributed by atoms with Crippen molar-refractivity contribution in [3.63, 3.8) is 0 Å². The van der Waals surface area contributed by atoms with Gasteiger partial charge in [0, 0.05) is 32.9 Å². The molecule has 5 rings (SSSR count). The number of aromatic nitrogens is 1. The maximum Gasteiger partial charge on any atom is 0.327 e. The minimum Gasteiger partial charge on any atom is -0.618 e. The van der Waals surface area contributed by atoms with Gasteiger partial charge in [0.1, 0.15) is 18.2 Å². The topological polar surface area (TPSA) is 128 Å². The van der Waals surface area contributed by atoms with Crippen molar-refractivity contribution in [1.82, 2.24) is 15.1 Å². The smallest absolute Gasteiger partial charge is 0.327 e. The molecule has 2 aliphatic heterocycles. The number of rotatable bonds is 9. The van der Waals surface area contributed by atoms with Crippen LogP contribution in [0.5, 0.6) is 5.75 Å². The van der Waals surface area contributed by atoms with Gasteiger partial charge in [0.15, 0.2) is 17.3 Å². The number of pyridine rings is 1. The van der Waals surface area contributed by atoms with Crippen molar-refractivity contribution >= 4 is 37.0 Å². The average Bonchev–Trinajstić information content (AvgIpc) is 3.51. The quantitative estimate of drug-likeness (QED) is 0.146. The first-order chi connectivity index (χ1) is 18.0. The van der Waals surface area contributed by atoms with Gasteiger partial charge in [-0.1, -0.05) is 25.7 Å². The third-order valence-electron chi connectivity index (χ3n) is 6.88. The second kappa shape index (κ2) is 9.44. The molecule has 0 aliphatic carbocycles. The van der Waals surface area contributed by atoms with Gasteiger partial charge in [0.25, 0.3) is 17.3 Å². The summed E-state index contributed by atoms with van der Waals surface area (Å²) in [6, 6.07) is 9.99. The Bertz CT molecular complexity index is 1430. The zero-order chi connectivity index (χ0) is 27.2. The minimum absolute atomic E-state index is 0.0626. The second-order valence-corrected chi connectivity index (χ2v) is 16.4. The van der Waals surface area contributed by atoms with Crippen LogP contribution in [-0.2, 0) is 21.6 Å². The maximum atomic E-state index is 13.9. The predicted molar refractivity (Wildman–Crippen MR) is 139 cm³/mol. The molecule has 1 N–H and O–H groups in total. The summed E-state index contributed by atoms with van der Waals surface area (Å²) < 4.78 is 17.5. The Kier molecular flexibility index (Phi) is 6.39. The fourth-order valence-electron chi connectivity index (χ4n) is 4.70. The van der Waals surface area contributed by atoms with Crippen LogP contribution >= 0.6 is 0 Å². The Balaban J connectivity index is 1.48. The summed E-state index contributed by atoms with van der Waals surface area (Å²) >= 11 is 0. The molecular weight excluding hydrogens is 508 g/mol. The Hall–Kier alpha value is -3.90. The first kappa shape index (κ1) is 25.7. The molecule has 4 heterocycles. The number of benzene rings is 1.